The Bertz CT molecular complexity index is 795. The number of anilines is 1. The largest absolute Gasteiger partial charge is 0.497 e. The zero-order chi connectivity index (χ0) is 18.9. The Kier molecular flexibility index (Phi) is 7.11. The third-order valence-corrected chi connectivity index (χ3v) is 3.56. The lowest BCUT2D eigenvalue weighted by atomic mass is 10.2. The Morgan fingerprint density at radius 1 is 1.15 bits per heavy atom. The second kappa shape index (κ2) is 9.53. The quantitative estimate of drug-likeness (QED) is 0.563. The number of benzene rings is 2. The van der Waals surface area contributed by atoms with Crippen molar-refractivity contribution in [3.8, 4) is 17.2 Å². The van der Waals surface area contributed by atoms with Crippen LogP contribution < -0.4 is 19.5 Å². The second-order valence-corrected chi connectivity index (χ2v) is 5.43. The van der Waals surface area contributed by atoms with Gasteiger partial charge in [-0.25, -0.2) is 0 Å². The minimum Gasteiger partial charge on any atom is -0.497 e. The summed E-state index contributed by atoms with van der Waals surface area (Å²) >= 11 is 6.11. The van der Waals surface area contributed by atoms with Crippen LogP contribution in [-0.2, 0) is 9.63 Å². The van der Waals surface area contributed by atoms with Crippen molar-refractivity contribution in [2.45, 2.75) is 0 Å². The molecule has 0 aliphatic carbocycles. The molecule has 0 heterocycles. The zero-order valence-corrected chi connectivity index (χ0v) is 15.4. The van der Waals surface area contributed by atoms with E-state index in [1.807, 2.05) is 0 Å². The number of nitrogens with one attached hydrogen (secondary N) is 1. The van der Waals surface area contributed by atoms with Crippen molar-refractivity contribution < 1.29 is 23.8 Å². The Labute approximate surface area is 156 Å². The number of oxime groups is 1. The number of carbonyl (C=O) groups excluding carboxylic acids is 1. The highest BCUT2D eigenvalue weighted by Gasteiger charge is 2.10. The van der Waals surface area contributed by atoms with Crippen LogP contribution in [0.2, 0.25) is 5.02 Å². The second-order valence-electron chi connectivity index (χ2n) is 5.03. The summed E-state index contributed by atoms with van der Waals surface area (Å²) in [4.78, 5) is 16.9. The highest BCUT2D eigenvalue weighted by Crippen LogP contribution is 2.35. The van der Waals surface area contributed by atoms with Gasteiger partial charge in [0, 0.05) is 17.3 Å². The normalized spacial score (nSPS) is 10.5. The molecule has 0 spiro atoms. The van der Waals surface area contributed by atoms with Crippen LogP contribution in [0.4, 0.5) is 5.69 Å². The molecule has 0 aliphatic heterocycles. The molecule has 0 aromatic heterocycles. The summed E-state index contributed by atoms with van der Waals surface area (Å²) in [7, 11) is 4.56. The number of methoxy groups -OCH3 is 3. The Balaban J connectivity index is 1.90. The molecule has 0 atom stereocenters. The Hall–Kier alpha value is -2.93. The number of amides is 1. The molecule has 0 unspecified atom stereocenters. The van der Waals surface area contributed by atoms with Crippen molar-refractivity contribution in [2.24, 2.45) is 5.16 Å². The van der Waals surface area contributed by atoms with Gasteiger partial charge in [0.25, 0.3) is 5.91 Å². The molecule has 8 heteroatoms. The molecule has 138 valence electrons. The smallest absolute Gasteiger partial charge is 0.265 e. The first-order valence-corrected chi connectivity index (χ1v) is 7.96. The summed E-state index contributed by atoms with van der Waals surface area (Å²) in [5.41, 5.74) is 1.24. The molecule has 26 heavy (non-hydrogen) atoms. The van der Waals surface area contributed by atoms with Gasteiger partial charge in [-0.2, -0.15) is 0 Å². The van der Waals surface area contributed by atoms with Crippen LogP contribution in [0.3, 0.4) is 0 Å². The van der Waals surface area contributed by atoms with Gasteiger partial charge in [0.05, 0.1) is 32.6 Å². The fraction of sp³-hybridized carbons (Fsp3) is 0.222. The molecule has 1 amide bonds. The van der Waals surface area contributed by atoms with E-state index in [0.717, 1.165) is 0 Å². The van der Waals surface area contributed by atoms with Crippen molar-refractivity contribution >= 4 is 29.4 Å². The fourth-order valence-corrected chi connectivity index (χ4v) is 2.40. The lowest BCUT2D eigenvalue weighted by Gasteiger charge is -2.09. The van der Waals surface area contributed by atoms with Crippen molar-refractivity contribution in [3.05, 3.63) is 47.0 Å². The van der Waals surface area contributed by atoms with E-state index in [0.29, 0.717) is 33.5 Å². The molecular formula is C18H19ClN2O5. The summed E-state index contributed by atoms with van der Waals surface area (Å²) in [5, 5.41) is 6.82. The van der Waals surface area contributed by atoms with E-state index in [-0.39, 0.29) is 12.5 Å². The Morgan fingerprint density at radius 2 is 1.96 bits per heavy atom. The molecule has 2 aromatic carbocycles. The van der Waals surface area contributed by atoms with Gasteiger partial charge in [0.15, 0.2) is 18.1 Å². The van der Waals surface area contributed by atoms with E-state index >= 15 is 0 Å². The van der Waals surface area contributed by atoms with Gasteiger partial charge in [-0.3, -0.25) is 4.79 Å². The van der Waals surface area contributed by atoms with E-state index in [2.05, 4.69) is 10.5 Å². The molecule has 7 nitrogen and oxygen atoms in total. The standard InChI is InChI=1S/C18H19ClN2O5/c1-23-14-6-4-5-13(9-14)21-17(22)11-26-20-10-12-7-15(19)18(25-3)16(8-12)24-2/h4-10H,11H2,1-3H3,(H,21,22)/b20-10-. The molecular weight excluding hydrogens is 360 g/mol. The third-order valence-electron chi connectivity index (χ3n) is 3.28. The lowest BCUT2D eigenvalue weighted by molar-refractivity contribution is -0.120. The van der Waals surface area contributed by atoms with Crippen molar-refractivity contribution in [1.29, 1.82) is 0 Å². The highest BCUT2D eigenvalue weighted by molar-refractivity contribution is 6.32. The highest BCUT2D eigenvalue weighted by atomic mass is 35.5. The van der Waals surface area contributed by atoms with Gasteiger partial charge < -0.3 is 24.4 Å². The monoisotopic (exact) mass is 378 g/mol. The predicted octanol–water partition coefficient (Wildman–Crippen LogP) is 3.36. The number of rotatable bonds is 8. The van der Waals surface area contributed by atoms with Crippen LogP contribution in [0, 0.1) is 0 Å². The van der Waals surface area contributed by atoms with Crippen LogP contribution in [0.15, 0.2) is 41.6 Å². The first-order chi connectivity index (χ1) is 12.6. The molecule has 0 saturated carbocycles. The summed E-state index contributed by atoms with van der Waals surface area (Å²) in [5.74, 6) is 1.20. The number of nitrogens with zero attached hydrogens (tertiary/aromatic N) is 1. The van der Waals surface area contributed by atoms with Gasteiger partial charge >= 0.3 is 0 Å². The van der Waals surface area contributed by atoms with Gasteiger partial charge in [-0.05, 0) is 24.3 Å². The molecule has 0 radical (unpaired) electrons. The number of ether oxygens (including phenoxy) is 3. The van der Waals surface area contributed by atoms with E-state index in [9.17, 15) is 4.79 Å². The van der Waals surface area contributed by atoms with Gasteiger partial charge in [0.1, 0.15) is 5.75 Å². The van der Waals surface area contributed by atoms with Crippen molar-refractivity contribution in [3.63, 3.8) is 0 Å². The molecule has 0 fully saturated rings. The van der Waals surface area contributed by atoms with E-state index in [1.54, 1.807) is 43.5 Å². The van der Waals surface area contributed by atoms with Crippen LogP contribution in [0.25, 0.3) is 0 Å². The van der Waals surface area contributed by atoms with Gasteiger partial charge in [-0.1, -0.05) is 22.8 Å². The fourth-order valence-electron chi connectivity index (χ4n) is 2.10. The summed E-state index contributed by atoms with van der Waals surface area (Å²) in [6.45, 7) is -0.241. The summed E-state index contributed by atoms with van der Waals surface area (Å²) < 4.78 is 15.5. The molecule has 0 aliphatic rings. The lowest BCUT2D eigenvalue weighted by Crippen LogP contribution is -2.16. The molecule has 2 rings (SSSR count). The first kappa shape index (κ1) is 19.4. The minimum absolute atomic E-state index is 0.241. The van der Waals surface area contributed by atoms with Gasteiger partial charge in [0.2, 0.25) is 0 Å². The maximum absolute atomic E-state index is 11.9. The molecule has 0 saturated heterocycles. The van der Waals surface area contributed by atoms with Gasteiger partial charge in [-0.15, -0.1) is 0 Å². The summed E-state index contributed by atoms with van der Waals surface area (Å²) in [6, 6.07) is 10.3. The average Bonchev–Trinajstić information content (AvgIpc) is 2.64. The first-order valence-electron chi connectivity index (χ1n) is 7.58. The predicted molar refractivity (Wildman–Crippen MR) is 99.7 cm³/mol. The van der Waals surface area contributed by atoms with E-state index in [1.165, 1.54) is 20.4 Å². The molecule has 0 bridgehead atoms. The van der Waals surface area contributed by atoms with Crippen molar-refractivity contribution in [1.82, 2.24) is 0 Å². The SMILES string of the molecule is COc1cccc(NC(=O)CO/N=C\c2cc(Cl)c(OC)c(OC)c2)c1. The topological polar surface area (TPSA) is 78.4 Å². The maximum Gasteiger partial charge on any atom is 0.265 e. The Morgan fingerprint density at radius 3 is 2.65 bits per heavy atom. The zero-order valence-electron chi connectivity index (χ0n) is 14.6. The van der Waals surface area contributed by atoms with Crippen LogP contribution in [0.1, 0.15) is 5.56 Å². The van der Waals surface area contributed by atoms with Crippen molar-refractivity contribution in [2.75, 3.05) is 33.3 Å². The summed E-state index contributed by atoms with van der Waals surface area (Å²) in [6.07, 6.45) is 1.42. The average molecular weight is 379 g/mol. The number of hydrogen-bond donors (Lipinski definition) is 1. The van der Waals surface area contributed by atoms with Crippen LogP contribution in [0.5, 0.6) is 17.2 Å². The number of halogens is 1. The molecule has 1 N–H and O–H groups in total. The third kappa shape index (κ3) is 5.29. The number of hydrogen-bond acceptors (Lipinski definition) is 6. The maximum atomic E-state index is 11.9. The molecule has 2 aromatic rings. The number of carbonyl (C=O) groups is 1. The van der Waals surface area contributed by atoms with Crippen LogP contribution in [-0.4, -0.2) is 40.1 Å². The van der Waals surface area contributed by atoms with E-state index < -0.39 is 0 Å². The van der Waals surface area contributed by atoms with Crippen LogP contribution >= 0.6 is 11.6 Å². The minimum atomic E-state index is -0.347. The van der Waals surface area contributed by atoms with E-state index in [4.69, 9.17) is 30.6 Å².